The summed E-state index contributed by atoms with van der Waals surface area (Å²) in [6.07, 6.45) is 0. The first-order chi connectivity index (χ1) is 11.0. The number of esters is 1. The van der Waals surface area contributed by atoms with Crippen molar-refractivity contribution in [3.8, 4) is 10.6 Å². The van der Waals surface area contributed by atoms with Crippen LogP contribution in [0.15, 0.2) is 24.3 Å². The van der Waals surface area contributed by atoms with E-state index in [0.29, 0.717) is 19.1 Å². The Hall–Kier alpha value is -1.72. The molecular weight excluding hydrogens is 310 g/mol. The lowest BCUT2D eigenvalue weighted by atomic mass is 10.0. The maximum absolute atomic E-state index is 11.3. The number of aromatic nitrogens is 1. The van der Waals surface area contributed by atoms with Gasteiger partial charge in [0.1, 0.15) is 11.6 Å². The molecule has 0 saturated heterocycles. The second-order valence-corrected chi connectivity index (χ2v) is 6.69. The van der Waals surface area contributed by atoms with Crippen molar-refractivity contribution in [2.24, 2.45) is 0 Å². The maximum atomic E-state index is 11.3. The minimum atomic E-state index is -0.334. The van der Waals surface area contributed by atoms with Crippen LogP contribution in [0.4, 0.5) is 0 Å². The SMILES string of the molecule is CCOC(=O)COCc1sc(-c2ccc(C(C)C)cc2)nc1C. The summed E-state index contributed by atoms with van der Waals surface area (Å²) in [5.74, 6) is 0.188. The summed E-state index contributed by atoms with van der Waals surface area (Å²) >= 11 is 1.60. The normalized spacial score (nSPS) is 11.0. The number of rotatable bonds is 7. The highest BCUT2D eigenvalue weighted by Gasteiger charge is 2.11. The summed E-state index contributed by atoms with van der Waals surface area (Å²) < 4.78 is 10.2. The molecule has 124 valence electrons. The van der Waals surface area contributed by atoms with Gasteiger partial charge in [0.2, 0.25) is 0 Å². The van der Waals surface area contributed by atoms with Crippen molar-refractivity contribution in [1.82, 2.24) is 4.98 Å². The third-order valence-corrected chi connectivity index (χ3v) is 4.66. The topological polar surface area (TPSA) is 48.4 Å². The first-order valence-electron chi connectivity index (χ1n) is 7.81. The second-order valence-electron chi connectivity index (χ2n) is 5.60. The van der Waals surface area contributed by atoms with E-state index >= 15 is 0 Å². The number of carbonyl (C=O) groups excluding carboxylic acids is 1. The minimum absolute atomic E-state index is 0.0242. The Kier molecular flexibility index (Phi) is 6.30. The molecule has 0 N–H and O–H groups in total. The zero-order valence-corrected chi connectivity index (χ0v) is 14.9. The Morgan fingerprint density at radius 3 is 2.57 bits per heavy atom. The quantitative estimate of drug-likeness (QED) is 0.708. The molecule has 2 rings (SSSR count). The molecule has 0 fully saturated rings. The molecule has 0 radical (unpaired) electrons. The van der Waals surface area contributed by atoms with Crippen LogP contribution in [-0.2, 0) is 20.9 Å². The van der Waals surface area contributed by atoms with Crippen LogP contribution in [0.2, 0.25) is 0 Å². The molecule has 1 aromatic carbocycles. The number of benzene rings is 1. The number of hydrogen-bond donors (Lipinski definition) is 0. The predicted molar refractivity (Wildman–Crippen MR) is 92.7 cm³/mol. The third kappa shape index (κ3) is 4.88. The van der Waals surface area contributed by atoms with Crippen molar-refractivity contribution >= 4 is 17.3 Å². The minimum Gasteiger partial charge on any atom is -0.464 e. The molecule has 0 amide bonds. The molecule has 0 spiro atoms. The maximum Gasteiger partial charge on any atom is 0.332 e. The van der Waals surface area contributed by atoms with Crippen molar-refractivity contribution in [1.29, 1.82) is 0 Å². The smallest absolute Gasteiger partial charge is 0.332 e. The van der Waals surface area contributed by atoms with E-state index in [4.69, 9.17) is 9.47 Å². The highest BCUT2D eigenvalue weighted by Crippen LogP contribution is 2.29. The molecule has 0 atom stereocenters. The molecule has 0 bridgehead atoms. The molecule has 0 unspecified atom stereocenters. The fourth-order valence-corrected chi connectivity index (χ4v) is 3.13. The molecule has 5 heteroatoms. The average Bonchev–Trinajstić information content (AvgIpc) is 2.89. The Morgan fingerprint density at radius 1 is 1.26 bits per heavy atom. The van der Waals surface area contributed by atoms with Crippen molar-refractivity contribution < 1.29 is 14.3 Å². The lowest BCUT2D eigenvalue weighted by Crippen LogP contribution is -2.12. The van der Waals surface area contributed by atoms with Gasteiger partial charge < -0.3 is 9.47 Å². The van der Waals surface area contributed by atoms with E-state index in [2.05, 4.69) is 43.1 Å². The monoisotopic (exact) mass is 333 g/mol. The molecule has 0 saturated carbocycles. The molecule has 0 aliphatic rings. The second kappa shape index (κ2) is 8.22. The standard InChI is InChI=1S/C18H23NO3S/c1-5-22-17(20)11-21-10-16-13(4)19-18(23-16)15-8-6-14(7-9-15)12(2)3/h6-9,12H,5,10-11H2,1-4H3. The van der Waals surface area contributed by atoms with Gasteiger partial charge in [-0.3, -0.25) is 0 Å². The fourth-order valence-electron chi connectivity index (χ4n) is 2.13. The van der Waals surface area contributed by atoms with Gasteiger partial charge in [0, 0.05) is 5.56 Å². The number of aryl methyl sites for hydroxylation is 1. The molecule has 1 heterocycles. The molecular formula is C18H23NO3S. The van der Waals surface area contributed by atoms with Gasteiger partial charge in [-0.15, -0.1) is 11.3 Å². The van der Waals surface area contributed by atoms with Gasteiger partial charge in [-0.2, -0.15) is 0 Å². The van der Waals surface area contributed by atoms with Gasteiger partial charge in [0.25, 0.3) is 0 Å². The average molecular weight is 333 g/mol. The molecule has 4 nitrogen and oxygen atoms in total. The van der Waals surface area contributed by atoms with Gasteiger partial charge in [-0.25, -0.2) is 9.78 Å². The number of thiazole rings is 1. The van der Waals surface area contributed by atoms with Crippen LogP contribution < -0.4 is 0 Å². The molecule has 0 aliphatic carbocycles. The van der Waals surface area contributed by atoms with Crippen LogP contribution in [-0.4, -0.2) is 24.2 Å². The van der Waals surface area contributed by atoms with Crippen LogP contribution in [0.25, 0.3) is 10.6 Å². The number of carbonyl (C=O) groups is 1. The first-order valence-corrected chi connectivity index (χ1v) is 8.63. The van der Waals surface area contributed by atoms with Gasteiger partial charge in [-0.1, -0.05) is 38.1 Å². The lowest BCUT2D eigenvalue weighted by molar-refractivity contribution is -0.148. The summed E-state index contributed by atoms with van der Waals surface area (Å²) in [4.78, 5) is 16.9. The number of hydrogen-bond acceptors (Lipinski definition) is 5. The van der Waals surface area contributed by atoms with E-state index < -0.39 is 0 Å². The highest BCUT2D eigenvalue weighted by atomic mass is 32.1. The van der Waals surface area contributed by atoms with Gasteiger partial charge in [0.05, 0.1) is 23.8 Å². The fraction of sp³-hybridized carbons (Fsp3) is 0.444. The molecule has 0 aliphatic heterocycles. The van der Waals surface area contributed by atoms with E-state index in [1.54, 1.807) is 18.3 Å². The third-order valence-electron chi connectivity index (χ3n) is 3.48. The zero-order valence-electron chi connectivity index (χ0n) is 14.1. The Morgan fingerprint density at radius 2 is 1.96 bits per heavy atom. The van der Waals surface area contributed by atoms with Crippen molar-refractivity contribution in [2.45, 2.75) is 40.2 Å². The Balaban J connectivity index is 2.01. The van der Waals surface area contributed by atoms with Crippen LogP contribution in [0.3, 0.4) is 0 Å². The van der Waals surface area contributed by atoms with Crippen molar-refractivity contribution in [3.05, 3.63) is 40.4 Å². The van der Waals surface area contributed by atoms with E-state index in [-0.39, 0.29) is 12.6 Å². The summed E-state index contributed by atoms with van der Waals surface area (Å²) in [6, 6.07) is 8.51. The first kappa shape index (κ1) is 17.6. The lowest BCUT2D eigenvalue weighted by Gasteiger charge is -2.05. The van der Waals surface area contributed by atoms with E-state index in [1.165, 1.54) is 5.56 Å². The Labute approximate surface area is 141 Å². The van der Waals surface area contributed by atoms with Crippen molar-refractivity contribution in [3.63, 3.8) is 0 Å². The summed E-state index contributed by atoms with van der Waals surface area (Å²) in [5.41, 5.74) is 3.38. The van der Waals surface area contributed by atoms with E-state index in [9.17, 15) is 4.79 Å². The number of nitrogens with zero attached hydrogens (tertiary/aromatic N) is 1. The zero-order chi connectivity index (χ0) is 16.8. The van der Waals surface area contributed by atoms with Crippen LogP contribution >= 0.6 is 11.3 Å². The predicted octanol–water partition coefficient (Wildman–Crippen LogP) is 4.32. The van der Waals surface area contributed by atoms with Crippen LogP contribution in [0.5, 0.6) is 0 Å². The van der Waals surface area contributed by atoms with E-state index in [0.717, 1.165) is 21.1 Å². The van der Waals surface area contributed by atoms with Crippen LogP contribution in [0.1, 0.15) is 42.8 Å². The number of ether oxygens (including phenoxy) is 2. The summed E-state index contributed by atoms with van der Waals surface area (Å²) in [5, 5.41) is 0.979. The molecule has 23 heavy (non-hydrogen) atoms. The van der Waals surface area contributed by atoms with Gasteiger partial charge >= 0.3 is 5.97 Å². The van der Waals surface area contributed by atoms with E-state index in [1.807, 2.05) is 6.92 Å². The Bertz CT molecular complexity index is 647. The van der Waals surface area contributed by atoms with Gasteiger partial charge in [0.15, 0.2) is 0 Å². The van der Waals surface area contributed by atoms with Gasteiger partial charge in [-0.05, 0) is 25.3 Å². The molecule has 1 aromatic heterocycles. The largest absolute Gasteiger partial charge is 0.464 e. The molecule has 2 aromatic rings. The summed E-state index contributed by atoms with van der Waals surface area (Å²) in [6.45, 7) is 8.84. The van der Waals surface area contributed by atoms with Crippen molar-refractivity contribution in [2.75, 3.05) is 13.2 Å². The highest BCUT2D eigenvalue weighted by molar-refractivity contribution is 7.15. The van der Waals surface area contributed by atoms with Crippen LogP contribution in [0, 0.1) is 6.92 Å². The summed E-state index contributed by atoms with van der Waals surface area (Å²) in [7, 11) is 0.